The molecular formula is H3AlCe3. The molecule has 0 aromatic rings. The van der Waals surface area contributed by atoms with Crippen LogP contribution in [-0.2, 0) is 0 Å². The molecule has 4 heteroatoms. The molecule has 0 aromatic carbocycles. The van der Waals surface area contributed by atoms with Crippen LogP contribution in [-0.4, -0.2) is 17.4 Å². The molecular weight excluding hydrogens is 447 g/mol. The van der Waals surface area contributed by atoms with Crippen LogP contribution >= 0.6 is 0 Å². The van der Waals surface area contributed by atoms with Crippen molar-refractivity contribution in [2.45, 2.75) is 0 Å². The van der Waals surface area contributed by atoms with Crippen molar-refractivity contribution in [3.05, 3.63) is 0 Å². The molecule has 0 aromatic heterocycles. The summed E-state index contributed by atoms with van der Waals surface area (Å²) in [5.74, 6) is 0. The Balaban J connectivity index is 0. The van der Waals surface area contributed by atoms with Crippen LogP contribution in [0, 0.1) is 125 Å². The first-order chi connectivity index (χ1) is 0. The van der Waals surface area contributed by atoms with Gasteiger partial charge in [0.25, 0.3) is 0 Å². The molecule has 0 aliphatic carbocycles. The van der Waals surface area contributed by atoms with E-state index in [0.29, 0.717) is 0 Å². The molecule has 0 heterocycles. The summed E-state index contributed by atoms with van der Waals surface area (Å²) < 4.78 is 0. The normalized spacial score (nSPS) is 0. The molecule has 0 aliphatic heterocycles. The van der Waals surface area contributed by atoms with Gasteiger partial charge < -0.3 is 0 Å². The molecule has 0 fully saturated rings. The number of hydrogen-bond donors (Lipinski definition) is 0. The summed E-state index contributed by atoms with van der Waals surface area (Å²) in [5.41, 5.74) is 0. The van der Waals surface area contributed by atoms with Gasteiger partial charge >= 0.3 is 0 Å². The third kappa shape index (κ3) is 9.83. The van der Waals surface area contributed by atoms with Crippen molar-refractivity contribution < 1.29 is 125 Å². The van der Waals surface area contributed by atoms with E-state index in [4.69, 9.17) is 0 Å². The minimum absolute atomic E-state index is 0. The van der Waals surface area contributed by atoms with Crippen molar-refractivity contribution in [3.63, 3.8) is 0 Å². The van der Waals surface area contributed by atoms with E-state index in [1.807, 2.05) is 0 Å². The average Bonchev–Trinajstić information content (AvgIpc) is 0. The first kappa shape index (κ1) is 23.4. The van der Waals surface area contributed by atoms with E-state index >= 15 is 0 Å². The van der Waals surface area contributed by atoms with Gasteiger partial charge in [0.05, 0.1) is 0 Å². The first-order valence-electron chi connectivity index (χ1n) is 0. The predicted octanol–water partition coefficient (Wildman–Crippen LogP) is -1.18. The van der Waals surface area contributed by atoms with E-state index in [9.17, 15) is 0 Å². The molecule has 0 N–H and O–H groups in total. The molecule has 0 aliphatic rings. The Morgan fingerprint density at radius 3 is 0.500 bits per heavy atom. The fourth-order valence-corrected chi connectivity index (χ4v) is 0. The van der Waals surface area contributed by atoms with Crippen LogP contribution in [0.3, 0.4) is 0 Å². The maximum atomic E-state index is 0. The summed E-state index contributed by atoms with van der Waals surface area (Å²) in [4.78, 5) is 0. The number of hydrogen-bond acceptors (Lipinski definition) is 0. The van der Waals surface area contributed by atoms with Gasteiger partial charge in [-0.15, -0.1) is 0 Å². The van der Waals surface area contributed by atoms with Crippen LogP contribution in [0.15, 0.2) is 0 Å². The molecule has 0 rings (SSSR count). The van der Waals surface area contributed by atoms with Crippen molar-refractivity contribution in [2.24, 2.45) is 0 Å². The van der Waals surface area contributed by atoms with Crippen LogP contribution in [0.4, 0.5) is 0 Å². The maximum Gasteiger partial charge on any atom is 0.187 e. The summed E-state index contributed by atoms with van der Waals surface area (Å²) >= 11 is 0. The molecule has 0 radical (unpaired) electrons. The van der Waals surface area contributed by atoms with Crippen molar-refractivity contribution in [1.29, 1.82) is 0 Å². The van der Waals surface area contributed by atoms with Crippen molar-refractivity contribution in [3.8, 4) is 0 Å². The SMILES string of the molecule is [AlH3].[Ce].[Ce].[Ce]. The standard InChI is InChI=1S/Al.3Ce.3H. The molecule has 0 saturated heterocycles. The topological polar surface area (TPSA) is 0 Å². The molecule has 0 bridgehead atoms. The molecule has 0 amide bonds. The Hall–Kier alpha value is 4.66. The van der Waals surface area contributed by atoms with Crippen LogP contribution < -0.4 is 0 Å². The van der Waals surface area contributed by atoms with Crippen LogP contribution in [0.1, 0.15) is 0 Å². The Labute approximate surface area is 138 Å². The first-order valence-corrected chi connectivity index (χ1v) is 0. The Morgan fingerprint density at radius 2 is 0.500 bits per heavy atom. The quantitative estimate of drug-likeness (QED) is 0.408. The zero-order valence-corrected chi connectivity index (χ0v) is 10.9. The monoisotopic (exact) mass is 450 g/mol. The maximum absolute atomic E-state index is 0. The molecule has 18 valence electrons. The molecule has 0 spiro atoms. The van der Waals surface area contributed by atoms with E-state index in [1.165, 1.54) is 0 Å². The summed E-state index contributed by atoms with van der Waals surface area (Å²) in [5, 5.41) is 0. The van der Waals surface area contributed by atoms with Crippen molar-refractivity contribution >= 4 is 17.4 Å². The van der Waals surface area contributed by atoms with Gasteiger partial charge in [0.2, 0.25) is 0 Å². The van der Waals surface area contributed by atoms with E-state index in [2.05, 4.69) is 0 Å². The fraction of sp³-hybridized carbons (Fsp3) is 0. The molecule has 0 nitrogen and oxygen atoms in total. The third-order valence-electron chi connectivity index (χ3n) is 0. The van der Waals surface area contributed by atoms with Gasteiger partial charge in [-0.25, -0.2) is 0 Å². The van der Waals surface area contributed by atoms with Gasteiger partial charge in [-0.05, 0) is 0 Å². The molecule has 0 atom stereocenters. The zero-order chi connectivity index (χ0) is 0. The Kier molecular flexibility index (Phi) is 91.5. The molecule has 0 unspecified atom stereocenters. The largest absolute Gasteiger partial charge is 0.187 e. The van der Waals surface area contributed by atoms with E-state index < -0.39 is 0 Å². The predicted molar refractivity (Wildman–Crippen MR) is 9.94 cm³/mol. The van der Waals surface area contributed by atoms with Gasteiger partial charge in [0.1, 0.15) is 0 Å². The Bertz CT molecular complexity index is 3.25. The van der Waals surface area contributed by atoms with Crippen molar-refractivity contribution in [1.82, 2.24) is 0 Å². The molecule has 0 saturated carbocycles. The third-order valence-corrected chi connectivity index (χ3v) is 0. The zero-order valence-electron chi connectivity index (χ0n) is 1.50. The number of rotatable bonds is 0. The van der Waals surface area contributed by atoms with Gasteiger partial charge in [-0.1, -0.05) is 0 Å². The van der Waals surface area contributed by atoms with Gasteiger partial charge in [0, 0.05) is 125 Å². The summed E-state index contributed by atoms with van der Waals surface area (Å²) in [6, 6.07) is 0. The van der Waals surface area contributed by atoms with Crippen LogP contribution in [0.25, 0.3) is 0 Å². The minimum atomic E-state index is 0. The second kappa shape index (κ2) is 15.6. The van der Waals surface area contributed by atoms with E-state index in [1.54, 1.807) is 0 Å². The second-order valence-corrected chi connectivity index (χ2v) is 0. The summed E-state index contributed by atoms with van der Waals surface area (Å²) in [7, 11) is 0. The van der Waals surface area contributed by atoms with Gasteiger partial charge in [0.15, 0.2) is 17.4 Å². The average molecular weight is 450 g/mol. The fourth-order valence-electron chi connectivity index (χ4n) is 0. The second-order valence-electron chi connectivity index (χ2n) is 0. The Morgan fingerprint density at radius 1 is 0.500 bits per heavy atom. The van der Waals surface area contributed by atoms with Crippen LogP contribution in [0.2, 0.25) is 0 Å². The summed E-state index contributed by atoms with van der Waals surface area (Å²) in [6.07, 6.45) is 0. The molecule has 4 heavy (non-hydrogen) atoms. The minimum Gasteiger partial charge on any atom is 0 e. The van der Waals surface area contributed by atoms with E-state index in [0.717, 1.165) is 0 Å². The smallest absolute Gasteiger partial charge is 0 e. The van der Waals surface area contributed by atoms with Crippen LogP contribution in [0.5, 0.6) is 0 Å². The van der Waals surface area contributed by atoms with Crippen molar-refractivity contribution in [2.75, 3.05) is 0 Å². The van der Waals surface area contributed by atoms with Gasteiger partial charge in [-0.2, -0.15) is 0 Å². The van der Waals surface area contributed by atoms with E-state index in [-0.39, 0.29) is 143 Å². The van der Waals surface area contributed by atoms with Gasteiger partial charge in [-0.3, -0.25) is 0 Å². The summed E-state index contributed by atoms with van der Waals surface area (Å²) in [6.45, 7) is 0.